The lowest BCUT2D eigenvalue weighted by Gasteiger charge is -2.35. The molecule has 4 unspecified atom stereocenters. The summed E-state index contributed by atoms with van der Waals surface area (Å²) in [6.07, 6.45) is 1.97. The molecule has 73 heavy (non-hydrogen) atoms. The highest BCUT2D eigenvalue weighted by molar-refractivity contribution is 7.22. The highest BCUT2D eigenvalue weighted by Crippen LogP contribution is 2.47. The number of fused-ring (bicyclic) bond motifs is 1. The molecule has 1 aliphatic rings. The number of phenols is 2. The molecule has 4 amide bonds. The van der Waals surface area contributed by atoms with Gasteiger partial charge in [-0.25, -0.2) is 10.4 Å². The number of amides is 4. The molecule has 0 spiro atoms. The molecule has 17 heteroatoms. The van der Waals surface area contributed by atoms with Gasteiger partial charge in [0.1, 0.15) is 35.1 Å². The van der Waals surface area contributed by atoms with Crippen LogP contribution in [0.5, 0.6) is 28.7 Å². The molecule has 7 aromatic rings. The third kappa shape index (κ3) is 12.9. The quantitative estimate of drug-likeness (QED) is 0.0272. The Morgan fingerprint density at radius 1 is 0.863 bits per heavy atom. The first-order valence-electron chi connectivity index (χ1n) is 24.0. The van der Waals surface area contributed by atoms with Gasteiger partial charge in [0.25, 0.3) is 5.91 Å². The summed E-state index contributed by atoms with van der Waals surface area (Å²) < 4.78 is 13.1. The van der Waals surface area contributed by atoms with Crippen molar-refractivity contribution in [2.45, 2.75) is 84.5 Å². The number of hydrazone groups is 1. The smallest absolute Gasteiger partial charge is 0.271 e. The van der Waals surface area contributed by atoms with E-state index in [1.807, 2.05) is 64.4 Å². The molecule has 1 aliphatic heterocycles. The number of ether oxygens (including phenoxy) is 2. The van der Waals surface area contributed by atoms with Gasteiger partial charge in [0.2, 0.25) is 17.7 Å². The molecule has 4 atom stereocenters. The number of likely N-dealkylation sites (tertiary alicyclic amines) is 1. The molecule has 0 aliphatic carbocycles. The van der Waals surface area contributed by atoms with Gasteiger partial charge in [0.15, 0.2) is 5.75 Å². The number of phenolic OH excluding ortho intramolecular Hbond substituents is 2. The third-order valence-electron chi connectivity index (χ3n) is 12.5. The number of carbonyl (C=O) groups excluding carboxylic acids is 4. The Morgan fingerprint density at radius 3 is 2.29 bits per heavy atom. The van der Waals surface area contributed by atoms with Crippen LogP contribution >= 0.6 is 22.7 Å². The zero-order chi connectivity index (χ0) is 51.8. The summed E-state index contributed by atoms with van der Waals surface area (Å²) in [5, 5.41) is 41.5. The summed E-state index contributed by atoms with van der Waals surface area (Å²) in [5.74, 6) is 0.339. The Labute approximate surface area is 431 Å². The number of aromatic nitrogens is 1. The van der Waals surface area contributed by atoms with E-state index in [4.69, 9.17) is 9.47 Å². The van der Waals surface area contributed by atoms with Crippen LogP contribution in [-0.4, -0.2) is 86.4 Å². The maximum Gasteiger partial charge on any atom is 0.271 e. The molecule has 15 nitrogen and oxygen atoms in total. The molecule has 0 radical (unpaired) electrons. The largest absolute Gasteiger partial charge is 0.508 e. The fourth-order valence-electron chi connectivity index (χ4n) is 8.49. The van der Waals surface area contributed by atoms with Crippen molar-refractivity contribution in [3.8, 4) is 49.6 Å². The number of nitrogens with zero attached hydrogens (tertiary/aromatic N) is 3. The molecule has 2 aromatic heterocycles. The molecule has 3 heterocycles. The standard InChI is InChI=1S/C56H58N6O9S2/c1-33(36-14-16-37(17-15-36)50-34(2)57-32-72-50)59-54(68)46-28-42(65)31-62(46)55(69)52(56(3,4)5)60-48(66)11-6-7-26-70-43-23-12-35(13-24-43)30-58-61-53(67)39-9-8-10-44(27-39)71-49-45-25-22-41(64)29-47(45)73-51(49)38-18-20-40(63)21-19-38/h8-10,12-25,27,29-30,32-33,42,46,52,63-65H,6-7,11,26,28,31H2,1-5H3,(H,59,68)(H,60,66)(H,61,67). The fourth-order valence-corrected chi connectivity index (χ4v) is 10.5. The van der Waals surface area contributed by atoms with Gasteiger partial charge in [-0.3, -0.25) is 19.2 Å². The average Bonchev–Trinajstić information content (AvgIpc) is 4.09. The van der Waals surface area contributed by atoms with Crippen LogP contribution in [0.1, 0.15) is 86.6 Å². The number of unbranched alkanes of at least 4 members (excludes halogenated alkanes) is 1. The number of benzene rings is 5. The van der Waals surface area contributed by atoms with Crippen LogP contribution in [0.15, 0.2) is 126 Å². The summed E-state index contributed by atoms with van der Waals surface area (Å²) in [6.45, 7) is 9.75. The van der Waals surface area contributed by atoms with Gasteiger partial charge in [0, 0.05) is 35.0 Å². The number of aromatic hydroxyl groups is 2. The highest BCUT2D eigenvalue weighted by atomic mass is 32.1. The number of aliphatic hydroxyl groups is 1. The third-order valence-corrected chi connectivity index (χ3v) is 14.6. The maximum absolute atomic E-state index is 14.1. The van der Waals surface area contributed by atoms with Crippen molar-refractivity contribution in [2.24, 2.45) is 10.5 Å². The van der Waals surface area contributed by atoms with Crippen molar-refractivity contribution < 1.29 is 44.0 Å². The number of β-amino-alcohol motifs (C(OH)–C–C–N with tert-alkyl or cyclic N) is 1. The number of aliphatic hydroxyl groups excluding tert-OH is 1. The van der Waals surface area contributed by atoms with E-state index in [9.17, 15) is 34.5 Å². The van der Waals surface area contributed by atoms with E-state index in [1.165, 1.54) is 22.5 Å². The van der Waals surface area contributed by atoms with Crippen LogP contribution in [0.3, 0.4) is 0 Å². The minimum atomic E-state index is -0.929. The van der Waals surface area contributed by atoms with Crippen molar-refractivity contribution in [3.63, 3.8) is 0 Å². The van der Waals surface area contributed by atoms with Crippen LogP contribution in [0.2, 0.25) is 0 Å². The van der Waals surface area contributed by atoms with Crippen LogP contribution in [0, 0.1) is 12.3 Å². The van der Waals surface area contributed by atoms with Crippen molar-refractivity contribution in [2.75, 3.05) is 13.2 Å². The van der Waals surface area contributed by atoms with E-state index < -0.39 is 35.4 Å². The van der Waals surface area contributed by atoms with Crippen molar-refractivity contribution in [1.82, 2.24) is 25.9 Å². The molecule has 1 saturated heterocycles. The Hall–Kier alpha value is -7.60. The summed E-state index contributed by atoms with van der Waals surface area (Å²) in [7, 11) is 0. The molecular weight excluding hydrogens is 965 g/mol. The zero-order valence-corrected chi connectivity index (χ0v) is 42.8. The van der Waals surface area contributed by atoms with E-state index in [-0.39, 0.29) is 48.7 Å². The van der Waals surface area contributed by atoms with Gasteiger partial charge in [-0.2, -0.15) is 5.10 Å². The van der Waals surface area contributed by atoms with E-state index >= 15 is 0 Å². The number of thiophene rings is 1. The molecule has 8 rings (SSSR count). The van der Waals surface area contributed by atoms with Gasteiger partial charge >= 0.3 is 0 Å². The van der Waals surface area contributed by atoms with E-state index in [2.05, 4.69) is 26.1 Å². The number of hydrogen-bond acceptors (Lipinski definition) is 13. The van der Waals surface area contributed by atoms with Crippen LogP contribution in [0.4, 0.5) is 0 Å². The second-order valence-electron chi connectivity index (χ2n) is 19.1. The van der Waals surface area contributed by atoms with E-state index in [1.54, 1.807) is 102 Å². The zero-order valence-electron chi connectivity index (χ0n) is 41.1. The average molecular weight is 1020 g/mol. The molecule has 1 fully saturated rings. The van der Waals surface area contributed by atoms with Crippen molar-refractivity contribution in [1.29, 1.82) is 0 Å². The Bertz CT molecular complexity index is 3110. The second-order valence-corrected chi connectivity index (χ2v) is 21.0. The predicted molar refractivity (Wildman–Crippen MR) is 284 cm³/mol. The summed E-state index contributed by atoms with van der Waals surface area (Å²) in [4.78, 5) is 61.8. The maximum atomic E-state index is 14.1. The van der Waals surface area contributed by atoms with Gasteiger partial charge in [-0.1, -0.05) is 51.1 Å². The van der Waals surface area contributed by atoms with E-state index in [0.29, 0.717) is 42.3 Å². The Morgan fingerprint density at radius 2 is 1.58 bits per heavy atom. The van der Waals surface area contributed by atoms with Crippen molar-refractivity contribution >= 4 is 62.6 Å². The Kier molecular flexibility index (Phi) is 16.2. The number of nitrogens with one attached hydrogen (secondary N) is 3. The number of hydrogen-bond donors (Lipinski definition) is 6. The molecule has 5 aromatic carbocycles. The fraction of sp³-hybridized carbons (Fsp3) is 0.286. The molecular formula is C56H58N6O9S2. The molecule has 0 bridgehead atoms. The molecule has 378 valence electrons. The first-order chi connectivity index (χ1) is 35.0. The monoisotopic (exact) mass is 1020 g/mol. The first kappa shape index (κ1) is 51.7. The summed E-state index contributed by atoms with van der Waals surface area (Å²) in [6, 6.07) is 31.4. The van der Waals surface area contributed by atoms with Crippen LogP contribution in [0.25, 0.3) is 31.0 Å². The normalized spacial score (nSPS) is 15.5. The minimum absolute atomic E-state index is 0.0139. The number of thiazole rings is 1. The summed E-state index contributed by atoms with van der Waals surface area (Å²) >= 11 is 3.01. The topological polar surface area (TPSA) is 212 Å². The van der Waals surface area contributed by atoms with E-state index in [0.717, 1.165) is 47.8 Å². The Balaban J connectivity index is 0.777. The second kappa shape index (κ2) is 22.9. The van der Waals surface area contributed by atoms with Crippen LogP contribution < -0.4 is 25.5 Å². The lowest BCUT2D eigenvalue weighted by atomic mass is 9.85. The van der Waals surface area contributed by atoms with Gasteiger partial charge in [-0.05, 0) is 139 Å². The predicted octanol–water partition coefficient (Wildman–Crippen LogP) is 9.89. The number of carbonyl (C=O) groups is 4. The SMILES string of the molecule is Cc1ncsc1-c1ccc(C(C)NC(=O)C2CC(O)CN2C(=O)C(NC(=O)CCCCOc2ccc(C=NNC(=O)c3cccc(Oc4c(-c5ccc(O)cc5)sc5cc(O)ccc45)c3)cc2)C(C)(C)C)cc1. The minimum Gasteiger partial charge on any atom is -0.508 e. The van der Waals surface area contributed by atoms with Crippen molar-refractivity contribution in [3.05, 3.63) is 143 Å². The number of rotatable bonds is 18. The number of aryl methyl sites for hydroxylation is 1. The molecule has 6 N–H and O–H groups in total. The lowest BCUT2D eigenvalue weighted by Crippen LogP contribution is -2.57. The first-order valence-corrected chi connectivity index (χ1v) is 25.7. The van der Waals surface area contributed by atoms with Crippen LogP contribution in [-0.2, 0) is 14.4 Å². The van der Waals surface area contributed by atoms with Gasteiger partial charge in [0.05, 0.1) is 45.9 Å². The van der Waals surface area contributed by atoms with Gasteiger partial charge < -0.3 is 40.3 Å². The van der Waals surface area contributed by atoms with Gasteiger partial charge in [-0.15, -0.1) is 22.7 Å². The highest BCUT2D eigenvalue weighted by Gasteiger charge is 2.44. The molecule has 0 saturated carbocycles. The summed E-state index contributed by atoms with van der Waals surface area (Å²) in [5.41, 5.74) is 8.46. The lowest BCUT2D eigenvalue weighted by molar-refractivity contribution is -0.144.